The van der Waals surface area contributed by atoms with Crippen LogP contribution >= 0.6 is 0 Å². The average molecular weight is 265 g/mol. The number of hydrogen-bond donors (Lipinski definition) is 1. The molecule has 0 aliphatic carbocycles. The van der Waals surface area contributed by atoms with Gasteiger partial charge in [-0.2, -0.15) is 0 Å². The first-order valence-electron chi connectivity index (χ1n) is 4.68. The van der Waals surface area contributed by atoms with Crippen molar-refractivity contribution in [3.05, 3.63) is 33.4 Å². The summed E-state index contributed by atoms with van der Waals surface area (Å²) in [5.74, 6) is -0.828. The molecule has 0 radical (unpaired) electrons. The topological polar surface area (TPSA) is 37.3 Å². The molecule has 1 rings (SSSR count). The van der Waals surface area contributed by atoms with E-state index >= 15 is 0 Å². The van der Waals surface area contributed by atoms with Crippen molar-refractivity contribution in [3.63, 3.8) is 0 Å². The Labute approximate surface area is 104 Å². The van der Waals surface area contributed by atoms with Crippen LogP contribution in [0.15, 0.2) is 0 Å². The van der Waals surface area contributed by atoms with E-state index in [0.29, 0.717) is 5.56 Å². The molecule has 0 bridgehead atoms. The Morgan fingerprint density at radius 2 is 1.07 bits per heavy atom. The van der Waals surface area contributed by atoms with E-state index in [-0.39, 0.29) is 19.8 Å². The van der Waals surface area contributed by atoms with Gasteiger partial charge in [0, 0.05) is 0 Å². The van der Waals surface area contributed by atoms with Gasteiger partial charge >= 0.3 is 25.8 Å². The molecule has 1 aromatic carbocycles. The summed E-state index contributed by atoms with van der Waals surface area (Å²) in [5.41, 5.74) is 5.61. The summed E-state index contributed by atoms with van der Waals surface area (Å²) in [6.45, 7) is 9.74. The minimum absolute atomic E-state index is 0. The van der Waals surface area contributed by atoms with Crippen molar-refractivity contribution in [1.82, 2.24) is 0 Å². The van der Waals surface area contributed by atoms with Crippen LogP contribution in [-0.2, 0) is 0 Å². The Kier molecular flexibility index (Phi) is 4.68. The van der Waals surface area contributed by atoms with Crippen LogP contribution < -0.4 is 0 Å². The Balaban J connectivity index is 0.00000196. The van der Waals surface area contributed by atoms with E-state index in [4.69, 9.17) is 5.11 Å². The van der Waals surface area contributed by atoms with Crippen LogP contribution in [-0.4, -0.2) is 30.9 Å². The molecule has 0 aliphatic rings. The number of carboxylic acids is 1. The second-order valence-corrected chi connectivity index (χ2v) is 3.81. The zero-order chi connectivity index (χ0) is 11.0. The summed E-state index contributed by atoms with van der Waals surface area (Å²) >= 11 is 0. The van der Waals surface area contributed by atoms with Gasteiger partial charge < -0.3 is 5.11 Å². The molecule has 0 unspecified atom stereocenters. The van der Waals surface area contributed by atoms with Crippen LogP contribution in [0.25, 0.3) is 0 Å². The minimum atomic E-state index is -0.828. The van der Waals surface area contributed by atoms with Crippen molar-refractivity contribution in [1.29, 1.82) is 0 Å². The molecule has 0 amide bonds. The van der Waals surface area contributed by atoms with E-state index in [0.717, 1.165) is 22.3 Å². The van der Waals surface area contributed by atoms with Gasteiger partial charge in [0.25, 0.3) is 0 Å². The molecule has 0 saturated carbocycles. The van der Waals surface area contributed by atoms with Crippen molar-refractivity contribution in [2.45, 2.75) is 34.6 Å². The van der Waals surface area contributed by atoms with Gasteiger partial charge in [-0.3, -0.25) is 0 Å². The molecule has 0 atom stereocenters. The summed E-state index contributed by atoms with van der Waals surface area (Å²) in [6, 6.07) is 0. The van der Waals surface area contributed by atoms with E-state index in [9.17, 15) is 4.79 Å². The predicted octanol–water partition coefficient (Wildman–Crippen LogP) is 1.74. The average Bonchev–Trinajstić information content (AvgIpc) is 2.11. The van der Waals surface area contributed by atoms with Crippen LogP contribution in [0.1, 0.15) is 38.2 Å². The number of hydrogen-bond acceptors (Lipinski definition) is 1. The number of aromatic carboxylic acids is 1. The fourth-order valence-electron chi connectivity index (χ4n) is 1.82. The molecule has 0 aliphatic heterocycles. The van der Waals surface area contributed by atoms with Crippen LogP contribution in [0.5, 0.6) is 0 Å². The van der Waals surface area contributed by atoms with Gasteiger partial charge in [-0.05, 0) is 62.4 Å². The number of rotatable bonds is 1. The molecular formula is C12H19GaO2. The molecular weight excluding hydrogens is 246 g/mol. The van der Waals surface area contributed by atoms with Crippen LogP contribution in [0.3, 0.4) is 0 Å². The first kappa shape index (κ1) is 14.3. The molecule has 82 valence electrons. The molecule has 2 nitrogen and oxygen atoms in total. The van der Waals surface area contributed by atoms with Crippen LogP contribution in [0, 0.1) is 34.6 Å². The molecule has 3 heteroatoms. The summed E-state index contributed by atoms with van der Waals surface area (Å²) in [6.07, 6.45) is 0. The first-order valence-corrected chi connectivity index (χ1v) is 4.68. The van der Waals surface area contributed by atoms with Crippen molar-refractivity contribution in [2.24, 2.45) is 0 Å². The number of carboxylic acid groups (broad SMARTS) is 1. The zero-order valence-electron chi connectivity index (χ0n) is 9.36. The first-order chi connectivity index (χ1) is 6.37. The summed E-state index contributed by atoms with van der Waals surface area (Å²) in [5, 5.41) is 9.09. The van der Waals surface area contributed by atoms with E-state index in [1.54, 1.807) is 0 Å². The van der Waals surface area contributed by atoms with Crippen LogP contribution in [0.4, 0.5) is 0 Å². The summed E-state index contributed by atoms with van der Waals surface area (Å²) < 4.78 is 0. The van der Waals surface area contributed by atoms with Gasteiger partial charge in [0.1, 0.15) is 0 Å². The maximum atomic E-state index is 11.1. The van der Waals surface area contributed by atoms with E-state index in [2.05, 4.69) is 0 Å². The predicted molar refractivity (Wildman–Crippen MR) is 67.0 cm³/mol. The van der Waals surface area contributed by atoms with Gasteiger partial charge in [-0.1, -0.05) is 0 Å². The van der Waals surface area contributed by atoms with Gasteiger partial charge in [-0.25, -0.2) is 4.79 Å². The maximum absolute atomic E-state index is 11.1. The number of carbonyl (C=O) groups is 1. The summed E-state index contributed by atoms with van der Waals surface area (Å²) in [7, 11) is 0. The Morgan fingerprint density at radius 1 is 0.800 bits per heavy atom. The molecule has 0 saturated heterocycles. The van der Waals surface area contributed by atoms with Gasteiger partial charge in [0.05, 0.1) is 5.56 Å². The molecule has 15 heavy (non-hydrogen) atoms. The molecule has 0 fully saturated rings. The third kappa shape index (κ3) is 2.29. The van der Waals surface area contributed by atoms with Crippen molar-refractivity contribution in [2.75, 3.05) is 0 Å². The summed E-state index contributed by atoms with van der Waals surface area (Å²) in [4.78, 5) is 11.1. The fourth-order valence-corrected chi connectivity index (χ4v) is 1.82. The van der Waals surface area contributed by atoms with E-state index < -0.39 is 5.97 Å². The molecule has 1 N–H and O–H groups in total. The Morgan fingerprint density at radius 3 is 1.33 bits per heavy atom. The molecule has 0 heterocycles. The quantitative estimate of drug-likeness (QED) is 0.785. The SMILES string of the molecule is Cc1c(C)c(C)c(C(=O)O)c(C)c1C.[GaH3]. The number of benzene rings is 1. The van der Waals surface area contributed by atoms with E-state index in [1.165, 1.54) is 5.56 Å². The second-order valence-electron chi connectivity index (χ2n) is 3.81. The third-order valence-corrected chi connectivity index (χ3v) is 3.21. The second kappa shape index (κ2) is 4.90. The normalized spacial score (nSPS) is 9.67. The third-order valence-electron chi connectivity index (χ3n) is 3.21. The zero-order valence-corrected chi connectivity index (χ0v) is 9.36. The molecule has 1 aromatic rings. The van der Waals surface area contributed by atoms with Crippen LogP contribution in [0.2, 0.25) is 0 Å². The van der Waals surface area contributed by atoms with Crippen molar-refractivity contribution in [3.8, 4) is 0 Å². The monoisotopic (exact) mass is 264 g/mol. The van der Waals surface area contributed by atoms with Gasteiger partial charge in [0.15, 0.2) is 0 Å². The Bertz CT molecular complexity index is 380. The standard InChI is InChI=1S/C12H16O2.Ga.3H/c1-6-7(2)9(4)11(12(13)14)10(5)8(6)3;;;;/h1-5H3,(H,13,14);;;;. The van der Waals surface area contributed by atoms with Crippen molar-refractivity contribution < 1.29 is 9.90 Å². The molecule has 0 aromatic heterocycles. The Hall–Kier alpha value is -0.674. The van der Waals surface area contributed by atoms with E-state index in [1.807, 2.05) is 34.6 Å². The fraction of sp³-hybridized carbons (Fsp3) is 0.417. The van der Waals surface area contributed by atoms with Crippen molar-refractivity contribution >= 4 is 25.8 Å². The molecule has 0 spiro atoms. The van der Waals surface area contributed by atoms with Gasteiger partial charge in [0.2, 0.25) is 0 Å². The van der Waals surface area contributed by atoms with Gasteiger partial charge in [-0.15, -0.1) is 0 Å².